The van der Waals surface area contributed by atoms with E-state index in [4.69, 9.17) is 17.3 Å². The summed E-state index contributed by atoms with van der Waals surface area (Å²) in [7, 11) is 0. The molecular formula is C14H17ClN2S. The topological polar surface area (TPSA) is 38.9 Å². The highest BCUT2D eigenvalue weighted by molar-refractivity contribution is 7.09. The van der Waals surface area contributed by atoms with Crippen molar-refractivity contribution in [1.29, 1.82) is 0 Å². The minimum absolute atomic E-state index is 0.188. The van der Waals surface area contributed by atoms with E-state index in [1.807, 2.05) is 29.8 Å². The van der Waals surface area contributed by atoms with E-state index in [1.165, 1.54) is 10.4 Å². The fourth-order valence-electron chi connectivity index (χ4n) is 1.91. The van der Waals surface area contributed by atoms with Crippen LogP contribution in [0.1, 0.15) is 22.6 Å². The SMILES string of the molecule is Cc1ncsc1CCC(N)Cc1ccc(Cl)cc1. The maximum atomic E-state index is 6.16. The predicted molar refractivity (Wildman–Crippen MR) is 78.3 cm³/mol. The van der Waals surface area contributed by atoms with Crippen molar-refractivity contribution in [1.82, 2.24) is 4.98 Å². The van der Waals surface area contributed by atoms with Crippen molar-refractivity contribution < 1.29 is 0 Å². The lowest BCUT2D eigenvalue weighted by atomic mass is 10.0. The fraction of sp³-hybridized carbons (Fsp3) is 0.357. The van der Waals surface area contributed by atoms with Crippen LogP contribution in [-0.2, 0) is 12.8 Å². The summed E-state index contributed by atoms with van der Waals surface area (Å²) in [5.74, 6) is 0. The molecule has 0 saturated carbocycles. The van der Waals surface area contributed by atoms with E-state index in [2.05, 4.69) is 11.9 Å². The fourth-order valence-corrected chi connectivity index (χ4v) is 2.83. The van der Waals surface area contributed by atoms with E-state index >= 15 is 0 Å². The van der Waals surface area contributed by atoms with Gasteiger partial charge in [0.15, 0.2) is 0 Å². The molecule has 1 aromatic carbocycles. The molecule has 0 fully saturated rings. The third-order valence-electron chi connectivity index (χ3n) is 3.00. The molecule has 2 rings (SSSR count). The van der Waals surface area contributed by atoms with Crippen molar-refractivity contribution in [2.24, 2.45) is 5.73 Å². The maximum absolute atomic E-state index is 6.16. The summed E-state index contributed by atoms with van der Waals surface area (Å²) in [5.41, 5.74) is 10.4. The number of nitrogens with two attached hydrogens (primary N) is 1. The highest BCUT2D eigenvalue weighted by atomic mass is 35.5. The molecule has 0 spiro atoms. The second-order valence-electron chi connectivity index (χ2n) is 4.49. The van der Waals surface area contributed by atoms with Crippen molar-refractivity contribution in [3.63, 3.8) is 0 Å². The number of thiazole rings is 1. The number of nitrogens with zero attached hydrogens (tertiary/aromatic N) is 1. The minimum Gasteiger partial charge on any atom is -0.327 e. The van der Waals surface area contributed by atoms with Gasteiger partial charge in [-0.05, 0) is 43.9 Å². The molecule has 2 nitrogen and oxygen atoms in total. The minimum atomic E-state index is 0.188. The van der Waals surface area contributed by atoms with Gasteiger partial charge in [0.2, 0.25) is 0 Å². The normalized spacial score (nSPS) is 12.6. The van der Waals surface area contributed by atoms with Gasteiger partial charge in [0.25, 0.3) is 0 Å². The lowest BCUT2D eigenvalue weighted by Gasteiger charge is -2.11. The zero-order valence-corrected chi connectivity index (χ0v) is 12.0. The molecule has 1 aromatic heterocycles. The first kappa shape index (κ1) is 13.5. The molecule has 0 aliphatic heterocycles. The van der Waals surface area contributed by atoms with Crippen LogP contribution >= 0.6 is 22.9 Å². The molecule has 0 aliphatic carbocycles. The van der Waals surface area contributed by atoms with Crippen LogP contribution in [0.15, 0.2) is 29.8 Å². The highest BCUT2D eigenvalue weighted by Crippen LogP contribution is 2.16. The quantitative estimate of drug-likeness (QED) is 0.909. The summed E-state index contributed by atoms with van der Waals surface area (Å²) >= 11 is 7.57. The summed E-state index contributed by atoms with van der Waals surface area (Å²) in [5, 5.41) is 0.771. The van der Waals surface area contributed by atoms with Crippen LogP contribution in [0.3, 0.4) is 0 Å². The van der Waals surface area contributed by atoms with Crippen LogP contribution in [0.5, 0.6) is 0 Å². The molecule has 0 bridgehead atoms. The number of hydrogen-bond acceptors (Lipinski definition) is 3. The van der Waals surface area contributed by atoms with Crippen LogP contribution in [0.2, 0.25) is 5.02 Å². The van der Waals surface area contributed by atoms with Crippen molar-refractivity contribution >= 4 is 22.9 Å². The number of halogens is 1. The van der Waals surface area contributed by atoms with Gasteiger partial charge in [-0.25, -0.2) is 4.98 Å². The highest BCUT2D eigenvalue weighted by Gasteiger charge is 2.07. The molecule has 0 saturated heterocycles. The van der Waals surface area contributed by atoms with E-state index in [0.717, 1.165) is 30.0 Å². The van der Waals surface area contributed by atoms with Crippen LogP contribution in [-0.4, -0.2) is 11.0 Å². The Morgan fingerprint density at radius 2 is 2.06 bits per heavy atom. The van der Waals surface area contributed by atoms with E-state index in [1.54, 1.807) is 11.3 Å². The van der Waals surface area contributed by atoms with E-state index < -0.39 is 0 Å². The number of benzene rings is 1. The Morgan fingerprint density at radius 1 is 1.33 bits per heavy atom. The largest absolute Gasteiger partial charge is 0.327 e. The lowest BCUT2D eigenvalue weighted by Crippen LogP contribution is -2.23. The molecule has 18 heavy (non-hydrogen) atoms. The summed E-state index contributed by atoms with van der Waals surface area (Å²) < 4.78 is 0. The Morgan fingerprint density at radius 3 is 2.67 bits per heavy atom. The first-order valence-corrected chi connectivity index (χ1v) is 7.30. The predicted octanol–water partition coefficient (Wildman–Crippen LogP) is 3.61. The number of aromatic nitrogens is 1. The molecule has 1 unspecified atom stereocenters. The van der Waals surface area contributed by atoms with Crippen molar-refractivity contribution in [2.75, 3.05) is 0 Å². The van der Waals surface area contributed by atoms with Crippen LogP contribution in [0.4, 0.5) is 0 Å². The molecule has 0 amide bonds. The average Bonchev–Trinajstić information content (AvgIpc) is 2.75. The average molecular weight is 281 g/mol. The first-order chi connectivity index (χ1) is 8.65. The van der Waals surface area contributed by atoms with Gasteiger partial charge in [-0.2, -0.15) is 0 Å². The zero-order valence-electron chi connectivity index (χ0n) is 10.4. The number of aryl methyl sites for hydroxylation is 2. The lowest BCUT2D eigenvalue weighted by molar-refractivity contribution is 0.612. The molecule has 4 heteroatoms. The second kappa shape index (κ2) is 6.32. The van der Waals surface area contributed by atoms with Crippen LogP contribution in [0.25, 0.3) is 0 Å². The number of rotatable bonds is 5. The van der Waals surface area contributed by atoms with Gasteiger partial charge >= 0.3 is 0 Å². The van der Waals surface area contributed by atoms with Gasteiger partial charge in [-0.1, -0.05) is 23.7 Å². The summed E-state index contributed by atoms with van der Waals surface area (Å²) in [4.78, 5) is 5.60. The Hall–Kier alpha value is -0.900. The van der Waals surface area contributed by atoms with Gasteiger partial charge in [0.05, 0.1) is 11.2 Å². The molecule has 1 heterocycles. The number of hydrogen-bond donors (Lipinski definition) is 1. The van der Waals surface area contributed by atoms with E-state index in [0.29, 0.717) is 0 Å². The molecule has 96 valence electrons. The second-order valence-corrected chi connectivity index (χ2v) is 5.87. The molecule has 2 N–H and O–H groups in total. The van der Waals surface area contributed by atoms with Crippen LogP contribution in [0, 0.1) is 6.92 Å². The molecule has 2 aromatic rings. The smallest absolute Gasteiger partial charge is 0.0797 e. The van der Waals surface area contributed by atoms with Crippen molar-refractivity contribution in [2.45, 2.75) is 32.2 Å². The molecular weight excluding hydrogens is 264 g/mol. The van der Waals surface area contributed by atoms with E-state index in [9.17, 15) is 0 Å². The molecule has 1 atom stereocenters. The van der Waals surface area contributed by atoms with Crippen LogP contribution < -0.4 is 5.73 Å². The summed E-state index contributed by atoms with van der Waals surface area (Å²) in [6.45, 7) is 2.05. The van der Waals surface area contributed by atoms with Gasteiger partial charge in [-0.15, -0.1) is 11.3 Å². The Labute approximate surface area is 117 Å². The van der Waals surface area contributed by atoms with Crippen molar-refractivity contribution in [3.8, 4) is 0 Å². The maximum Gasteiger partial charge on any atom is 0.0797 e. The molecule has 0 radical (unpaired) electrons. The monoisotopic (exact) mass is 280 g/mol. The Bertz CT molecular complexity index is 493. The van der Waals surface area contributed by atoms with Gasteiger partial charge < -0.3 is 5.73 Å². The standard InChI is InChI=1S/C14H17ClN2S/c1-10-14(18-9-17-10)7-6-13(16)8-11-2-4-12(15)5-3-11/h2-5,9,13H,6-8,16H2,1H3. The van der Waals surface area contributed by atoms with E-state index in [-0.39, 0.29) is 6.04 Å². The van der Waals surface area contributed by atoms with Gasteiger partial charge in [0, 0.05) is 15.9 Å². The summed E-state index contributed by atoms with van der Waals surface area (Å²) in [6.07, 6.45) is 2.91. The van der Waals surface area contributed by atoms with Crippen molar-refractivity contribution in [3.05, 3.63) is 50.9 Å². The first-order valence-electron chi connectivity index (χ1n) is 6.04. The zero-order chi connectivity index (χ0) is 13.0. The Balaban J connectivity index is 1.83. The van der Waals surface area contributed by atoms with Gasteiger partial charge in [-0.3, -0.25) is 0 Å². The summed E-state index contributed by atoms with van der Waals surface area (Å²) in [6, 6.07) is 8.10. The Kier molecular flexibility index (Phi) is 4.75. The third-order valence-corrected chi connectivity index (χ3v) is 4.25. The van der Waals surface area contributed by atoms with Gasteiger partial charge in [0.1, 0.15) is 0 Å². The third kappa shape index (κ3) is 3.80. The molecule has 0 aliphatic rings.